The first-order valence-electron chi connectivity index (χ1n) is 8.42. The van der Waals surface area contributed by atoms with Crippen molar-refractivity contribution >= 4 is 0 Å². The molecular weight excluding hydrogens is 288 g/mol. The summed E-state index contributed by atoms with van der Waals surface area (Å²) in [5, 5.41) is 0. The summed E-state index contributed by atoms with van der Waals surface area (Å²) < 4.78 is 5.56. The van der Waals surface area contributed by atoms with Crippen LogP contribution in [-0.2, 0) is 24.1 Å². The predicted molar refractivity (Wildman–Crippen MR) is 87.1 cm³/mol. The van der Waals surface area contributed by atoms with E-state index in [1.165, 1.54) is 22.5 Å². The molecule has 0 bridgehead atoms. The minimum Gasteiger partial charge on any atom is -0.381 e. The molecule has 0 aliphatic carbocycles. The molecule has 4 rings (SSSR count). The standard InChI is InChI=1S/C18H22N4O/c1-2-14(10-19-6-1)11-22-7-3-16-17(4-8-22)20-13-21-18(16)15-5-9-23-12-15/h1-2,6,10,13,15H,3-5,7-9,11-12H2/t15-/m1/s1. The van der Waals surface area contributed by atoms with Crippen molar-refractivity contribution in [2.75, 3.05) is 26.3 Å². The minimum absolute atomic E-state index is 0.455. The van der Waals surface area contributed by atoms with Gasteiger partial charge in [0.2, 0.25) is 0 Å². The maximum Gasteiger partial charge on any atom is 0.115 e. The summed E-state index contributed by atoms with van der Waals surface area (Å²) in [7, 11) is 0. The largest absolute Gasteiger partial charge is 0.381 e. The van der Waals surface area contributed by atoms with Crippen molar-refractivity contribution in [2.24, 2.45) is 0 Å². The lowest BCUT2D eigenvalue weighted by Crippen LogP contribution is -2.26. The molecule has 0 N–H and O–H groups in total. The molecule has 0 aromatic carbocycles. The Morgan fingerprint density at radius 3 is 3.00 bits per heavy atom. The van der Waals surface area contributed by atoms with E-state index in [2.05, 4.69) is 25.9 Å². The molecule has 0 radical (unpaired) electrons. The summed E-state index contributed by atoms with van der Waals surface area (Å²) in [4.78, 5) is 15.9. The third-order valence-corrected chi connectivity index (χ3v) is 4.86. The van der Waals surface area contributed by atoms with Crippen LogP contribution in [0.2, 0.25) is 0 Å². The van der Waals surface area contributed by atoms with Crippen LogP contribution in [0.1, 0.15) is 34.9 Å². The molecular formula is C18H22N4O. The fourth-order valence-corrected chi connectivity index (χ4v) is 3.61. The van der Waals surface area contributed by atoms with Gasteiger partial charge in [-0.25, -0.2) is 9.97 Å². The quantitative estimate of drug-likeness (QED) is 0.867. The average molecular weight is 310 g/mol. The Bertz CT molecular complexity index is 655. The third-order valence-electron chi connectivity index (χ3n) is 4.86. The molecule has 0 spiro atoms. The molecule has 2 aromatic rings. The van der Waals surface area contributed by atoms with Gasteiger partial charge in [-0.15, -0.1) is 0 Å². The number of nitrogens with zero attached hydrogens (tertiary/aromatic N) is 4. The molecule has 1 fully saturated rings. The van der Waals surface area contributed by atoms with E-state index in [1.807, 2.05) is 18.5 Å². The summed E-state index contributed by atoms with van der Waals surface area (Å²) in [6.45, 7) is 4.71. The van der Waals surface area contributed by atoms with E-state index in [9.17, 15) is 0 Å². The number of hydrogen-bond donors (Lipinski definition) is 0. The summed E-state index contributed by atoms with van der Waals surface area (Å²) in [6.07, 6.45) is 8.64. The maximum absolute atomic E-state index is 5.56. The lowest BCUT2D eigenvalue weighted by molar-refractivity contribution is 0.193. The summed E-state index contributed by atoms with van der Waals surface area (Å²) >= 11 is 0. The lowest BCUT2D eigenvalue weighted by atomic mass is 9.96. The first kappa shape index (κ1) is 14.7. The highest BCUT2D eigenvalue weighted by atomic mass is 16.5. The Labute approximate surface area is 136 Å². The number of hydrogen-bond acceptors (Lipinski definition) is 5. The minimum atomic E-state index is 0.455. The zero-order valence-electron chi connectivity index (χ0n) is 13.3. The Balaban J connectivity index is 1.51. The van der Waals surface area contributed by atoms with Crippen molar-refractivity contribution in [1.29, 1.82) is 0 Å². The van der Waals surface area contributed by atoms with Gasteiger partial charge in [0, 0.05) is 56.7 Å². The second-order valence-corrected chi connectivity index (χ2v) is 6.38. The number of pyridine rings is 1. The molecule has 5 heteroatoms. The van der Waals surface area contributed by atoms with Crippen LogP contribution in [0.3, 0.4) is 0 Å². The van der Waals surface area contributed by atoms with Crippen molar-refractivity contribution in [2.45, 2.75) is 31.7 Å². The first-order valence-corrected chi connectivity index (χ1v) is 8.42. The number of aromatic nitrogens is 3. The van der Waals surface area contributed by atoms with E-state index in [4.69, 9.17) is 4.74 Å². The van der Waals surface area contributed by atoms with Crippen molar-refractivity contribution in [3.63, 3.8) is 0 Å². The molecule has 4 heterocycles. The summed E-state index contributed by atoms with van der Waals surface area (Å²) in [6, 6.07) is 4.15. The van der Waals surface area contributed by atoms with Gasteiger partial charge in [-0.2, -0.15) is 0 Å². The van der Waals surface area contributed by atoms with Gasteiger partial charge in [0.15, 0.2) is 0 Å². The number of ether oxygens (including phenoxy) is 1. The lowest BCUT2D eigenvalue weighted by Gasteiger charge is -2.19. The molecule has 0 amide bonds. The molecule has 2 aromatic heterocycles. The smallest absolute Gasteiger partial charge is 0.115 e. The predicted octanol–water partition coefficient (Wildman–Crippen LogP) is 1.98. The van der Waals surface area contributed by atoms with E-state index in [0.29, 0.717) is 5.92 Å². The third kappa shape index (κ3) is 3.26. The topological polar surface area (TPSA) is 51.1 Å². The van der Waals surface area contributed by atoms with E-state index >= 15 is 0 Å². The zero-order chi connectivity index (χ0) is 15.5. The monoisotopic (exact) mass is 310 g/mol. The van der Waals surface area contributed by atoms with Gasteiger partial charge < -0.3 is 4.74 Å². The highest BCUT2D eigenvalue weighted by Gasteiger charge is 2.25. The second-order valence-electron chi connectivity index (χ2n) is 6.38. The molecule has 5 nitrogen and oxygen atoms in total. The van der Waals surface area contributed by atoms with Crippen LogP contribution in [-0.4, -0.2) is 46.2 Å². The Morgan fingerprint density at radius 2 is 2.17 bits per heavy atom. The van der Waals surface area contributed by atoms with E-state index in [0.717, 1.165) is 52.1 Å². The van der Waals surface area contributed by atoms with Gasteiger partial charge in [-0.3, -0.25) is 9.88 Å². The average Bonchev–Trinajstić information content (AvgIpc) is 3.05. The maximum atomic E-state index is 5.56. The fourth-order valence-electron chi connectivity index (χ4n) is 3.61. The van der Waals surface area contributed by atoms with Gasteiger partial charge in [-0.05, 0) is 30.0 Å². The Kier molecular flexibility index (Phi) is 4.30. The highest BCUT2D eigenvalue weighted by molar-refractivity contribution is 5.30. The summed E-state index contributed by atoms with van der Waals surface area (Å²) in [5.74, 6) is 0.455. The Hall–Kier alpha value is -1.85. The molecule has 0 unspecified atom stereocenters. The van der Waals surface area contributed by atoms with E-state index in [1.54, 1.807) is 6.33 Å². The van der Waals surface area contributed by atoms with Gasteiger partial charge in [0.1, 0.15) is 6.33 Å². The van der Waals surface area contributed by atoms with Gasteiger partial charge in [0.25, 0.3) is 0 Å². The normalized spacial score (nSPS) is 21.8. The van der Waals surface area contributed by atoms with E-state index < -0.39 is 0 Å². The van der Waals surface area contributed by atoms with Gasteiger partial charge >= 0.3 is 0 Å². The van der Waals surface area contributed by atoms with Crippen molar-refractivity contribution in [3.8, 4) is 0 Å². The molecule has 1 atom stereocenters. The van der Waals surface area contributed by atoms with Crippen molar-refractivity contribution in [3.05, 3.63) is 53.4 Å². The highest BCUT2D eigenvalue weighted by Crippen LogP contribution is 2.29. The van der Waals surface area contributed by atoms with Crippen LogP contribution in [0.15, 0.2) is 30.9 Å². The molecule has 1 saturated heterocycles. The molecule has 23 heavy (non-hydrogen) atoms. The SMILES string of the molecule is c1cncc(CN2CCc3ncnc([C@@H]4CCOC4)c3CC2)c1. The molecule has 120 valence electrons. The van der Waals surface area contributed by atoms with E-state index in [-0.39, 0.29) is 0 Å². The summed E-state index contributed by atoms with van der Waals surface area (Å²) in [5.41, 5.74) is 5.11. The Morgan fingerprint density at radius 1 is 1.22 bits per heavy atom. The zero-order valence-corrected chi connectivity index (χ0v) is 13.3. The van der Waals surface area contributed by atoms with Crippen LogP contribution in [0.5, 0.6) is 0 Å². The van der Waals surface area contributed by atoms with Crippen molar-refractivity contribution < 1.29 is 4.74 Å². The van der Waals surface area contributed by atoms with Gasteiger partial charge in [0.05, 0.1) is 12.3 Å². The second kappa shape index (κ2) is 6.72. The number of rotatable bonds is 3. The van der Waals surface area contributed by atoms with Gasteiger partial charge in [-0.1, -0.05) is 6.07 Å². The van der Waals surface area contributed by atoms with Crippen LogP contribution in [0.4, 0.5) is 0 Å². The number of fused-ring (bicyclic) bond motifs is 1. The molecule has 2 aliphatic heterocycles. The molecule has 2 aliphatic rings. The van der Waals surface area contributed by atoms with Crippen LogP contribution in [0, 0.1) is 0 Å². The fraction of sp³-hybridized carbons (Fsp3) is 0.500. The van der Waals surface area contributed by atoms with Crippen LogP contribution in [0.25, 0.3) is 0 Å². The van der Waals surface area contributed by atoms with Crippen LogP contribution >= 0.6 is 0 Å². The van der Waals surface area contributed by atoms with Crippen LogP contribution < -0.4 is 0 Å². The van der Waals surface area contributed by atoms with Crippen molar-refractivity contribution in [1.82, 2.24) is 19.9 Å². The molecule has 0 saturated carbocycles. The first-order chi connectivity index (χ1) is 11.4.